The second kappa shape index (κ2) is 6.57. The van der Waals surface area contributed by atoms with Crippen molar-refractivity contribution in [1.29, 1.82) is 0 Å². The Kier molecular flexibility index (Phi) is 4.79. The van der Waals surface area contributed by atoms with Crippen molar-refractivity contribution in [3.8, 4) is 0 Å². The highest BCUT2D eigenvalue weighted by Gasteiger charge is 2.14. The summed E-state index contributed by atoms with van der Waals surface area (Å²) in [7, 11) is 1.46. The van der Waals surface area contributed by atoms with Crippen LogP contribution in [0, 0.1) is 0 Å². The van der Waals surface area contributed by atoms with E-state index in [1.54, 1.807) is 11.7 Å². The highest BCUT2D eigenvalue weighted by molar-refractivity contribution is 7.09. The molecule has 0 amide bonds. The summed E-state index contributed by atoms with van der Waals surface area (Å²) in [5, 5.41) is 3.02. The van der Waals surface area contributed by atoms with Gasteiger partial charge in [0.25, 0.3) is 5.56 Å². The van der Waals surface area contributed by atoms with Crippen molar-refractivity contribution in [2.24, 2.45) is 7.05 Å². The summed E-state index contributed by atoms with van der Waals surface area (Å²) in [4.78, 5) is 29.3. The number of aromatic nitrogens is 3. The maximum absolute atomic E-state index is 12.2. The number of thiazole rings is 1. The molecule has 2 aromatic heterocycles. The van der Waals surface area contributed by atoms with Crippen LogP contribution in [-0.4, -0.2) is 14.1 Å². The van der Waals surface area contributed by atoms with Gasteiger partial charge in [0.15, 0.2) is 0 Å². The van der Waals surface area contributed by atoms with E-state index in [0.717, 1.165) is 22.3 Å². The molecule has 3 N–H and O–H groups in total. The number of anilines is 2. The highest BCUT2D eigenvalue weighted by atomic mass is 32.1. The monoisotopic (exact) mass is 309 g/mol. The number of hydrogen-bond donors (Lipinski definition) is 2. The normalized spacial score (nSPS) is 10.8. The molecule has 0 unspecified atom stereocenters. The Labute approximate surface area is 126 Å². The summed E-state index contributed by atoms with van der Waals surface area (Å²) in [6.07, 6.45) is 3.50. The van der Waals surface area contributed by atoms with Crippen molar-refractivity contribution in [2.75, 3.05) is 11.1 Å². The first-order chi connectivity index (χ1) is 10.1. The molecule has 0 aromatic carbocycles. The zero-order valence-corrected chi connectivity index (χ0v) is 12.9. The Morgan fingerprint density at radius 2 is 2.19 bits per heavy atom. The summed E-state index contributed by atoms with van der Waals surface area (Å²) in [5.41, 5.74) is 7.21. The maximum Gasteiger partial charge on any atom is 0.332 e. The van der Waals surface area contributed by atoms with Crippen molar-refractivity contribution in [3.05, 3.63) is 37.4 Å². The van der Waals surface area contributed by atoms with Crippen LogP contribution in [0.4, 0.5) is 11.5 Å². The number of rotatable bonds is 6. The zero-order chi connectivity index (χ0) is 15.4. The van der Waals surface area contributed by atoms with Gasteiger partial charge >= 0.3 is 5.69 Å². The lowest BCUT2D eigenvalue weighted by Crippen LogP contribution is -2.40. The van der Waals surface area contributed by atoms with Crippen LogP contribution in [-0.2, 0) is 20.1 Å². The lowest BCUT2D eigenvalue weighted by molar-refractivity contribution is 0.575. The summed E-state index contributed by atoms with van der Waals surface area (Å²) in [6.45, 7) is 2.99. The summed E-state index contributed by atoms with van der Waals surface area (Å²) < 4.78 is 2.53. The molecule has 0 bridgehead atoms. The molecule has 8 heteroatoms. The number of hydrogen-bond acceptors (Lipinski definition) is 6. The first kappa shape index (κ1) is 15.3. The minimum atomic E-state index is -0.408. The second-order valence-electron chi connectivity index (χ2n) is 4.73. The molecule has 0 saturated carbocycles. The Hall–Kier alpha value is -2.09. The van der Waals surface area contributed by atoms with E-state index in [2.05, 4.69) is 10.3 Å². The molecular weight excluding hydrogens is 290 g/mol. The summed E-state index contributed by atoms with van der Waals surface area (Å²) in [5.74, 6) is 0.195. The summed E-state index contributed by atoms with van der Waals surface area (Å²) in [6, 6.07) is 0. The van der Waals surface area contributed by atoms with Gasteiger partial charge in [-0.15, -0.1) is 11.3 Å². The van der Waals surface area contributed by atoms with Crippen LogP contribution < -0.4 is 22.3 Å². The van der Waals surface area contributed by atoms with Crippen molar-refractivity contribution < 1.29 is 0 Å². The van der Waals surface area contributed by atoms with Crippen LogP contribution in [0.15, 0.2) is 21.3 Å². The fourth-order valence-electron chi connectivity index (χ4n) is 1.99. The molecule has 0 radical (unpaired) electrons. The molecule has 0 aliphatic rings. The molecule has 7 nitrogen and oxygen atoms in total. The van der Waals surface area contributed by atoms with E-state index >= 15 is 0 Å². The largest absolute Gasteiger partial charge is 0.383 e. The van der Waals surface area contributed by atoms with Crippen molar-refractivity contribution in [2.45, 2.75) is 32.9 Å². The topological polar surface area (TPSA) is 94.9 Å². The quantitative estimate of drug-likeness (QED) is 0.830. The van der Waals surface area contributed by atoms with E-state index < -0.39 is 5.56 Å². The lowest BCUT2D eigenvalue weighted by Gasteiger charge is -2.15. The predicted octanol–water partition coefficient (Wildman–Crippen LogP) is 0.998. The Morgan fingerprint density at radius 3 is 2.81 bits per heavy atom. The van der Waals surface area contributed by atoms with E-state index in [1.165, 1.54) is 23.0 Å². The van der Waals surface area contributed by atoms with Crippen LogP contribution in [0.5, 0.6) is 0 Å². The third-order valence-electron chi connectivity index (χ3n) is 3.24. The molecule has 0 fully saturated rings. The molecular formula is C13H19N5O2S. The molecule has 21 heavy (non-hydrogen) atoms. The Balaban J connectivity index is 2.37. The average molecular weight is 309 g/mol. The first-order valence-electron chi connectivity index (χ1n) is 6.76. The van der Waals surface area contributed by atoms with Crippen LogP contribution in [0.1, 0.15) is 24.6 Å². The molecule has 0 aliphatic carbocycles. The van der Waals surface area contributed by atoms with Gasteiger partial charge in [-0.1, -0.05) is 13.3 Å². The van der Waals surface area contributed by atoms with E-state index in [-0.39, 0.29) is 17.2 Å². The highest BCUT2D eigenvalue weighted by Crippen LogP contribution is 2.14. The van der Waals surface area contributed by atoms with E-state index in [1.807, 2.05) is 6.92 Å². The minimum absolute atomic E-state index is 0.195. The molecule has 114 valence electrons. The van der Waals surface area contributed by atoms with Gasteiger partial charge in [0.1, 0.15) is 11.5 Å². The second-order valence-corrected chi connectivity index (χ2v) is 5.70. The fourth-order valence-corrected chi connectivity index (χ4v) is 2.52. The number of nitrogens with two attached hydrogens (primary N) is 1. The van der Waals surface area contributed by atoms with Crippen LogP contribution >= 0.6 is 11.3 Å². The maximum atomic E-state index is 12.2. The zero-order valence-electron chi connectivity index (χ0n) is 12.1. The SMILES string of the molecule is CCCCn1c(N)c(NCc2cncs2)c(=O)n(C)c1=O. The van der Waals surface area contributed by atoms with Crippen LogP contribution in [0.25, 0.3) is 0 Å². The summed E-state index contributed by atoms with van der Waals surface area (Å²) >= 11 is 1.49. The van der Waals surface area contributed by atoms with Gasteiger partial charge in [0, 0.05) is 24.7 Å². The number of nitrogens with zero attached hydrogens (tertiary/aromatic N) is 3. The smallest absolute Gasteiger partial charge is 0.332 e. The van der Waals surface area contributed by atoms with Gasteiger partial charge in [-0.3, -0.25) is 18.9 Å². The number of nitrogen functional groups attached to an aromatic ring is 1. The van der Waals surface area contributed by atoms with Gasteiger partial charge < -0.3 is 11.1 Å². The molecule has 0 spiro atoms. The molecule has 2 rings (SSSR count). The van der Waals surface area contributed by atoms with Gasteiger partial charge in [0.2, 0.25) is 0 Å². The predicted molar refractivity (Wildman–Crippen MR) is 84.7 cm³/mol. The minimum Gasteiger partial charge on any atom is -0.383 e. The number of nitrogens with one attached hydrogen (secondary N) is 1. The Bertz CT molecular complexity index is 717. The third-order valence-corrected chi connectivity index (χ3v) is 4.02. The van der Waals surface area contributed by atoms with Crippen molar-refractivity contribution in [3.63, 3.8) is 0 Å². The van der Waals surface area contributed by atoms with Gasteiger partial charge in [-0.2, -0.15) is 0 Å². The van der Waals surface area contributed by atoms with Crippen LogP contribution in [0.2, 0.25) is 0 Å². The van der Waals surface area contributed by atoms with Gasteiger partial charge in [-0.25, -0.2) is 4.79 Å². The van der Waals surface area contributed by atoms with Crippen LogP contribution in [0.3, 0.4) is 0 Å². The number of unbranched alkanes of at least 4 members (excludes halogenated alkanes) is 1. The molecule has 0 aliphatic heterocycles. The van der Waals surface area contributed by atoms with E-state index in [4.69, 9.17) is 5.73 Å². The molecule has 0 saturated heterocycles. The van der Waals surface area contributed by atoms with Gasteiger partial charge in [-0.05, 0) is 6.42 Å². The average Bonchev–Trinajstić information content (AvgIpc) is 2.98. The lowest BCUT2D eigenvalue weighted by atomic mass is 10.3. The molecule has 0 atom stereocenters. The fraction of sp³-hybridized carbons (Fsp3) is 0.462. The van der Waals surface area contributed by atoms with E-state index in [9.17, 15) is 9.59 Å². The first-order valence-corrected chi connectivity index (χ1v) is 7.64. The van der Waals surface area contributed by atoms with Gasteiger partial charge in [0.05, 0.1) is 12.1 Å². The van der Waals surface area contributed by atoms with Crippen molar-refractivity contribution in [1.82, 2.24) is 14.1 Å². The van der Waals surface area contributed by atoms with Crippen molar-refractivity contribution >= 4 is 22.8 Å². The molecule has 2 heterocycles. The van der Waals surface area contributed by atoms with E-state index in [0.29, 0.717) is 13.1 Å². The molecule has 2 aromatic rings. The Morgan fingerprint density at radius 1 is 1.43 bits per heavy atom. The third kappa shape index (κ3) is 3.15. The standard InChI is InChI=1S/C13H19N5O2S/c1-3-4-5-18-11(14)10(12(19)17(2)13(18)20)16-7-9-6-15-8-21-9/h6,8,16H,3-5,7,14H2,1-2H3.